The van der Waals surface area contributed by atoms with E-state index in [-0.39, 0.29) is 22.7 Å². The quantitative estimate of drug-likeness (QED) is 0.757. The largest absolute Gasteiger partial charge is 0.380 e. The van der Waals surface area contributed by atoms with Crippen molar-refractivity contribution in [2.24, 2.45) is 5.41 Å². The Morgan fingerprint density at radius 3 is 2.55 bits per heavy atom. The van der Waals surface area contributed by atoms with Gasteiger partial charge in [-0.1, -0.05) is 26.8 Å². The summed E-state index contributed by atoms with van der Waals surface area (Å²) < 4.78 is 29.5. The maximum absolute atomic E-state index is 12.1. The van der Waals surface area contributed by atoms with Crippen LogP contribution < -0.4 is 0 Å². The summed E-state index contributed by atoms with van der Waals surface area (Å²) in [6, 6.07) is 7.99. The van der Waals surface area contributed by atoms with Gasteiger partial charge in [0.1, 0.15) is 0 Å². The predicted octanol–water partition coefficient (Wildman–Crippen LogP) is 2.78. The second-order valence-electron chi connectivity index (χ2n) is 5.88. The van der Waals surface area contributed by atoms with Crippen molar-refractivity contribution in [2.45, 2.75) is 32.1 Å². The lowest BCUT2D eigenvalue weighted by Crippen LogP contribution is -2.15. The molecule has 20 heavy (non-hydrogen) atoms. The fraction of sp³-hybridized carbons (Fsp3) is 0.533. The zero-order valence-corrected chi connectivity index (χ0v) is 13.0. The summed E-state index contributed by atoms with van der Waals surface area (Å²) in [5.41, 5.74) is 0.528. The van der Waals surface area contributed by atoms with Gasteiger partial charge < -0.3 is 4.74 Å². The van der Waals surface area contributed by atoms with Gasteiger partial charge >= 0.3 is 0 Å². The molecule has 0 bridgehead atoms. The average Bonchev–Trinajstić information content (AvgIpc) is 2.37. The van der Waals surface area contributed by atoms with Crippen molar-refractivity contribution in [1.29, 1.82) is 5.26 Å². The molecular formula is C15H21NO3S. The highest BCUT2D eigenvalue weighted by molar-refractivity contribution is 7.91. The monoisotopic (exact) mass is 295 g/mol. The van der Waals surface area contributed by atoms with Gasteiger partial charge in [-0.15, -0.1) is 0 Å². The van der Waals surface area contributed by atoms with Gasteiger partial charge in [0.05, 0.1) is 28.9 Å². The molecule has 0 aliphatic rings. The van der Waals surface area contributed by atoms with Crippen LogP contribution in [0.2, 0.25) is 0 Å². The fourth-order valence-corrected chi connectivity index (χ4v) is 2.69. The number of nitrogens with zero attached hydrogens (tertiary/aromatic N) is 1. The summed E-state index contributed by atoms with van der Waals surface area (Å²) in [4.78, 5) is 0.177. The molecule has 1 aromatic carbocycles. The van der Waals surface area contributed by atoms with Crippen molar-refractivity contribution in [2.75, 3.05) is 19.0 Å². The van der Waals surface area contributed by atoms with E-state index < -0.39 is 9.84 Å². The van der Waals surface area contributed by atoms with E-state index in [1.807, 2.05) is 6.07 Å². The molecule has 0 spiro atoms. The smallest absolute Gasteiger partial charge is 0.180 e. The van der Waals surface area contributed by atoms with Crippen LogP contribution in [0.1, 0.15) is 32.8 Å². The molecule has 0 radical (unpaired) electrons. The van der Waals surface area contributed by atoms with E-state index in [9.17, 15) is 8.42 Å². The average molecular weight is 295 g/mol. The van der Waals surface area contributed by atoms with Gasteiger partial charge in [0.25, 0.3) is 0 Å². The maximum Gasteiger partial charge on any atom is 0.180 e. The third-order valence-electron chi connectivity index (χ3n) is 2.82. The molecule has 0 saturated carbocycles. The topological polar surface area (TPSA) is 67.2 Å². The standard InChI is InChI=1S/C15H21NO3S/c1-15(2,3)7-8-19-9-10-20(17,18)14-6-4-5-13(11-14)12-16/h4-6,11H,7-10H2,1-3H3. The van der Waals surface area contributed by atoms with E-state index >= 15 is 0 Å². The minimum Gasteiger partial charge on any atom is -0.380 e. The minimum absolute atomic E-state index is 0.0635. The van der Waals surface area contributed by atoms with Gasteiger partial charge in [0, 0.05) is 6.61 Å². The molecule has 0 saturated heterocycles. The number of sulfone groups is 1. The summed E-state index contributed by atoms with van der Waals surface area (Å²) in [6.45, 7) is 7.06. The highest BCUT2D eigenvalue weighted by atomic mass is 32.2. The number of rotatable bonds is 6. The molecule has 0 N–H and O–H groups in total. The molecule has 0 aromatic heterocycles. The second kappa shape index (κ2) is 6.87. The molecule has 0 amide bonds. The molecular weight excluding hydrogens is 274 g/mol. The lowest BCUT2D eigenvalue weighted by Gasteiger charge is -2.17. The molecule has 110 valence electrons. The third kappa shape index (κ3) is 5.72. The first kappa shape index (κ1) is 16.7. The van der Waals surface area contributed by atoms with E-state index in [1.54, 1.807) is 12.1 Å². The van der Waals surface area contributed by atoms with Crippen molar-refractivity contribution in [3.8, 4) is 6.07 Å². The zero-order valence-electron chi connectivity index (χ0n) is 12.2. The van der Waals surface area contributed by atoms with E-state index in [1.165, 1.54) is 12.1 Å². The van der Waals surface area contributed by atoms with E-state index in [4.69, 9.17) is 10.00 Å². The Morgan fingerprint density at radius 1 is 1.25 bits per heavy atom. The molecule has 0 unspecified atom stereocenters. The van der Waals surface area contributed by atoms with Crippen molar-refractivity contribution in [3.05, 3.63) is 29.8 Å². The van der Waals surface area contributed by atoms with Crippen LogP contribution in [-0.4, -0.2) is 27.4 Å². The van der Waals surface area contributed by atoms with Crippen LogP contribution in [0.25, 0.3) is 0 Å². The molecule has 0 atom stereocenters. The molecule has 4 nitrogen and oxygen atoms in total. The molecule has 0 aliphatic heterocycles. The van der Waals surface area contributed by atoms with Crippen LogP contribution in [-0.2, 0) is 14.6 Å². The molecule has 0 heterocycles. The number of hydrogen-bond acceptors (Lipinski definition) is 4. The van der Waals surface area contributed by atoms with Crippen LogP contribution in [0, 0.1) is 16.7 Å². The van der Waals surface area contributed by atoms with Crippen molar-refractivity contribution in [3.63, 3.8) is 0 Å². The Labute approximate surface area is 121 Å². The van der Waals surface area contributed by atoms with E-state index in [2.05, 4.69) is 20.8 Å². The van der Waals surface area contributed by atoms with Gasteiger partial charge in [0.2, 0.25) is 0 Å². The number of hydrogen-bond donors (Lipinski definition) is 0. The maximum atomic E-state index is 12.1. The van der Waals surface area contributed by atoms with Crippen LogP contribution >= 0.6 is 0 Å². The fourth-order valence-electron chi connectivity index (χ4n) is 1.53. The molecule has 1 aromatic rings. The van der Waals surface area contributed by atoms with E-state index in [0.29, 0.717) is 12.2 Å². The van der Waals surface area contributed by atoms with Crippen molar-refractivity contribution < 1.29 is 13.2 Å². The van der Waals surface area contributed by atoms with Gasteiger partial charge in [0.15, 0.2) is 9.84 Å². The molecule has 5 heteroatoms. The Hall–Kier alpha value is -1.38. The van der Waals surface area contributed by atoms with Crippen LogP contribution in [0.3, 0.4) is 0 Å². The van der Waals surface area contributed by atoms with Crippen LogP contribution in [0.4, 0.5) is 0 Å². The number of nitriles is 1. The highest BCUT2D eigenvalue weighted by Gasteiger charge is 2.15. The van der Waals surface area contributed by atoms with Gasteiger partial charge in [-0.3, -0.25) is 0 Å². The SMILES string of the molecule is CC(C)(C)CCOCCS(=O)(=O)c1cccc(C#N)c1. The number of ether oxygens (including phenoxy) is 1. The first-order valence-electron chi connectivity index (χ1n) is 6.55. The Balaban J connectivity index is 2.52. The Morgan fingerprint density at radius 2 is 1.95 bits per heavy atom. The van der Waals surface area contributed by atoms with Gasteiger partial charge in [-0.2, -0.15) is 5.26 Å². The van der Waals surface area contributed by atoms with Gasteiger partial charge in [-0.05, 0) is 30.0 Å². The number of benzene rings is 1. The van der Waals surface area contributed by atoms with Crippen LogP contribution in [0.15, 0.2) is 29.2 Å². The minimum atomic E-state index is -3.38. The second-order valence-corrected chi connectivity index (χ2v) is 7.99. The molecule has 0 fully saturated rings. The summed E-state index contributed by atoms with van der Waals surface area (Å²) in [5.74, 6) is -0.0635. The zero-order chi connectivity index (χ0) is 15.2. The van der Waals surface area contributed by atoms with Gasteiger partial charge in [-0.25, -0.2) is 8.42 Å². The van der Waals surface area contributed by atoms with E-state index in [0.717, 1.165) is 6.42 Å². The molecule has 1 rings (SSSR count). The summed E-state index contributed by atoms with van der Waals surface area (Å²) in [5, 5.41) is 8.78. The lowest BCUT2D eigenvalue weighted by atomic mass is 9.93. The third-order valence-corrected chi connectivity index (χ3v) is 4.49. The summed E-state index contributed by atoms with van der Waals surface area (Å²) >= 11 is 0. The lowest BCUT2D eigenvalue weighted by molar-refractivity contribution is 0.120. The summed E-state index contributed by atoms with van der Waals surface area (Å²) in [6.07, 6.45) is 0.886. The van der Waals surface area contributed by atoms with Crippen molar-refractivity contribution in [1.82, 2.24) is 0 Å². The Bertz CT molecular complexity index is 580. The first-order chi connectivity index (χ1) is 9.24. The van der Waals surface area contributed by atoms with Crippen molar-refractivity contribution >= 4 is 9.84 Å². The molecule has 0 aliphatic carbocycles. The van der Waals surface area contributed by atoms with Crippen LogP contribution in [0.5, 0.6) is 0 Å². The predicted molar refractivity (Wildman–Crippen MR) is 78.1 cm³/mol. The highest BCUT2D eigenvalue weighted by Crippen LogP contribution is 2.18. The summed E-state index contributed by atoms with van der Waals surface area (Å²) in [7, 11) is -3.38. The first-order valence-corrected chi connectivity index (χ1v) is 8.20. The Kier molecular flexibility index (Phi) is 5.73. The normalized spacial score (nSPS) is 12.1.